The van der Waals surface area contributed by atoms with Gasteiger partial charge in [-0.25, -0.2) is 9.59 Å². The molecular formula is C19H22N2O5. The smallest absolute Gasteiger partial charge is 0.338 e. The summed E-state index contributed by atoms with van der Waals surface area (Å²) in [5, 5.41) is 14.6. The van der Waals surface area contributed by atoms with Gasteiger partial charge in [0.1, 0.15) is 11.5 Å². The van der Waals surface area contributed by atoms with Gasteiger partial charge < -0.3 is 25.2 Å². The van der Waals surface area contributed by atoms with Gasteiger partial charge in [-0.15, -0.1) is 0 Å². The van der Waals surface area contributed by atoms with Crippen LogP contribution in [-0.2, 0) is 11.3 Å². The zero-order valence-corrected chi connectivity index (χ0v) is 14.7. The Labute approximate surface area is 151 Å². The zero-order valence-electron chi connectivity index (χ0n) is 14.7. The number of amides is 2. The lowest BCUT2D eigenvalue weighted by Gasteiger charge is -2.17. The summed E-state index contributed by atoms with van der Waals surface area (Å²) in [4.78, 5) is 23.5. The number of carbonyl (C=O) groups is 2. The summed E-state index contributed by atoms with van der Waals surface area (Å²) in [5.74, 6) is 0.305. The number of esters is 1. The van der Waals surface area contributed by atoms with Gasteiger partial charge in [0.25, 0.3) is 0 Å². The predicted molar refractivity (Wildman–Crippen MR) is 96.0 cm³/mol. The normalized spacial score (nSPS) is 11.3. The fraction of sp³-hybridized carbons (Fsp3) is 0.263. The molecule has 2 aromatic rings. The zero-order chi connectivity index (χ0) is 18.9. The molecule has 3 N–H and O–H groups in total. The predicted octanol–water partition coefficient (Wildman–Crippen LogP) is 2.79. The molecule has 26 heavy (non-hydrogen) atoms. The van der Waals surface area contributed by atoms with Gasteiger partial charge in [0.05, 0.1) is 12.2 Å². The molecule has 0 bridgehead atoms. The van der Waals surface area contributed by atoms with Crippen molar-refractivity contribution in [2.45, 2.75) is 26.6 Å². The highest BCUT2D eigenvalue weighted by atomic mass is 16.5. The molecule has 0 radical (unpaired) electrons. The number of phenols is 1. The Morgan fingerprint density at radius 2 is 1.73 bits per heavy atom. The molecule has 2 amide bonds. The summed E-state index contributed by atoms with van der Waals surface area (Å²) < 4.78 is 10.4. The number of ether oxygens (including phenoxy) is 2. The summed E-state index contributed by atoms with van der Waals surface area (Å²) >= 11 is 0. The molecular weight excluding hydrogens is 336 g/mol. The van der Waals surface area contributed by atoms with Gasteiger partial charge in [0.2, 0.25) is 0 Å². The van der Waals surface area contributed by atoms with Crippen LogP contribution in [-0.4, -0.2) is 29.9 Å². The van der Waals surface area contributed by atoms with E-state index in [2.05, 4.69) is 10.6 Å². The summed E-state index contributed by atoms with van der Waals surface area (Å²) in [6.45, 7) is 4.08. The SMILES string of the molecule is CCOC(=O)c1ccc(CNC(=O)NC(C)Oc2ccc(O)cc2)cc1. The third-order valence-electron chi connectivity index (χ3n) is 3.40. The lowest BCUT2D eigenvalue weighted by molar-refractivity contribution is 0.0526. The van der Waals surface area contributed by atoms with E-state index < -0.39 is 6.23 Å². The maximum Gasteiger partial charge on any atom is 0.338 e. The molecule has 0 aromatic heterocycles. The van der Waals surface area contributed by atoms with E-state index in [9.17, 15) is 14.7 Å². The highest BCUT2D eigenvalue weighted by molar-refractivity contribution is 5.89. The minimum Gasteiger partial charge on any atom is -0.508 e. The number of hydrogen-bond acceptors (Lipinski definition) is 5. The minimum atomic E-state index is -0.550. The summed E-state index contributed by atoms with van der Waals surface area (Å²) in [6, 6.07) is 12.7. The molecule has 7 heteroatoms. The Morgan fingerprint density at radius 3 is 2.35 bits per heavy atom. The molecule has 138 valence electrons. The van der Waals surface area contributed by atoms with Crippen molar-refractivity contribution in [3.8, 4) is 11.5 Å². The Bertz CT molecular complexity index is 729. The number of hydrogen-bond donors (Lipinski definition) is 3. The number of carbonyl (C=O) groups excluding carboxylic acids is 2. The minimum absolute atomic E-state index is 0.143. The highest BCUT2D eigenvalue weighted by Gasteiger charge is 2.09. The molecule has 0 aliphatic heterocycles. The number of phenolic OH excluding ortho intramolecular Hbond substituents is 1. The first-order valence-electron chi connectivity index (χ1n) is 8.24. The Balaban J connectivity index is 1.77. The largest absolute Gasteiger partial charge is 0.508 e. The second-order valence-electron chi connectivity index (χ2n) is 5.50. The van der Waals surface area contributed by atoms with Crippen LogP contribution < -0.4 is 15.4 Å². The summed E-state index contributed by atoms with van der Waals surface area (Å²) in [6.07, 6.45) is -0.550. The van der Waals surface area contributed by atoms with Crippen LogP contribution >= 0.6 is 0 Å². The third-order valence-corrected chi connectivity index (χ3v) is 3.40. The maximum absolute atomic E-state index is 11.9. The van der Waals surface area contributed by atoms with E-state index in [0.29, 0.717) is 24.5 Å². The fourth-order valence-corrected chi connectivity index (χ4v) is 2.15. The molecule has 0 aliphatic rings. The van der Waals surface area contributed by atoms with Crippen molar-refractivity contribution >= 4 is 12.0 Å². The fourth-order valence-electron chi connectivity index (χ4n) is 2.15. The second-order valence-corrected chi connectivity index (χ2v) is 5.50. The van der Waals surface area contributed by atoms with E-state index in [1.165, 1.54) is 12.1 Å². The number of benzene rings is 2. The van der Waals surface area contributed by atoms with Crippen LogP contribution in [0.5, 0.6) is 11.5 Å². The van der Waals surface area contributed by atoms with Crippen molar-refractivity contribution in [2.24, 2.45) is 0 Å². The van der Waals surface area contributed by atoms with Crippen LogP contribution in [0, 0.1) is 0 Å². The van der Waals surface area contributed by atoms with E-state index in [0.717, 1.165) is 5.56 Å². The average molecular weight is 358 g/mol. The van der Waals surface area contributed by atoms with Gasteiger partial charge in [-0.05, 0) is 55.8 Å². The molecule has 0 fully saturated rings. The van der Waals surface area contributed by atoms with Gasteiger partial charge >= 0.3 is 12.0 Å². The highest BCUT2D eigenvalue weighted by Crippen LogP contribution is 2.16. The first kappa shape index (κ1) is 19.1. The maximum atomic E-state index is 11.9. The summed E-state index contributed by atoms with van der Waals surface area (Å²) in [5.41, 5.74) is 1.32. The Hall–Kier alpha value is -3.22. The molecule has 0 saturated heterocycles. The quantitative estimate of drug-likeness (QED) is 0.522. The van der Waals surface area contributed by atoms with Gasteiger partial charge in [0.15, 0.2) is 6.23 Å². The van der Waals surface area contributed by atoms with E-state index in [1.54, 1.807) is 50.2 Å². The van der Waals surface area contributed by atoms with Crippen LogP contribution in [0.15, 0.2) is 48.5 Å². The Morgan fingerprint density at radius 1 is 1.08 bits per heavy atom. The molecule has 0 aliphatic carbocycles. The standard InChI is InChI=1S/C19H22N2O5/c1-3-25-18(23)15-6-4-14(5-7-15)12-20-19(24)21-13(2)26-17-10-8-16(22)9-11-17/h4-11,13,22H,3,12H2,1-2H3,(H2,20,21,24). The number of nitrogens with one attached hydrogen (secondary N) is 2. The van der Waals surface area contributed by atoms with Crippen molar-refractivity contribution < 1.29 is 24.2 Å². The molecule has 0 heterocycles. The lowest BCUT2D eigenvalue weighted by Crippen LogP contribution is -2.43. The molecule has 1 atom stereocenters. The van der Waals surface area contributed by atoms with Gasteiger partial charge in [-0.2, -0.15) is 0 Å². The lowest BCUT2D eigenvalue weighted by atomic mass is 10.1. The van der Waals surface area contributed by atoms with E-state index >= 15 is 0 Å². The third kappa shape index (κ3) is 6.01. The van der Waals surface area contributed by atoms with Gasteiger partial charge in [0, 0.05) is 6.54 Å². The van der Waals surface area contributed by atoms with Crippen LogP contribution in [0.2, 0.25) is 0 Å². The van der Waals surface area contributed by atoms with Crippen molar-refractivity contribution in [1.82, 2.24) is 10.6 Å². The number of aromatic hydroxyl groups is 1. The number of rotatable bonds is 7. The van der Waals surface area contributed by atoms with Crippen LogP contribution in [0.4, 0.5) is 4.79 Å². The van der Waals surface area contributed by atoms with Crippen LogP contribution in [0.25, 0.3) is 0 Å². The molecule has 2 rings (SSSR count). The van der Waals surface area contributed by atoms with Crippen LogP contribution in [0.1, 0.15) is 29.8 Å². The van der Waals surface area contributed by atoms with Crippen LogP contribution in [0.3, 0.4) is 0 Å². The molecule has 2 aromatic carbocycles. The first-order chi connectivity index (χ1) is 12.5. The van der Waals surface area contributed by atoms with Gasteiger partial charge in [-0.1, -0.05) is 12.1 Å². The van der Waals surface area contributed by atoms with E-state index in [4.69, 9.17) is 9.47 Å². The molecule has 0 spiro atoms. The molecule has 1 unspecified atom stereocenters. The summed E-state index contributed by atoms with van der Waals surface area (Å²) in [7, 11) is 0. The molecule has 7 nitrogen and oxygen atoms in total. The van der Waals surface area contributed by atoms with Crippen molar-refractivity contribution in [1.29, 1.82) is 0 Å². The first-order valence-corrected chi connectivity index (χ1v) is 8.24. The monoisotopic (exact) mass is 358 g/mol. The average Bonchev–Trinajstić information content (AvgIpc) is 2.62. The van der Waals surface area contributed by atoms with Crippen molar-refractivity contribution in [3.63, 3.8) is 0 Å². The Kier molecular flexibility index (Phi) is 6.84. The number of urea groups is 1. The van der Waals surface area contributed by atoms with E-state index in [1.807, 2.05) is 0 Å². The molecule has 0 saturated carbocycles. The van der Waals surface area contributed by atoms with Crippen molar-refractivity contribution in [2.75, 3.05) is 6.61 Å². The van der Waals surface area contributed by atoms with Gasteiger partial charge in [-0.3, -0.25) is 0 Å². The second kappa shape index (κ2) is 9.31. The van der Waals surface area contributed by atoms with Crippen molar-refractivity contribution in [3.05, 3.63) is 59.7 Å². The van der Waals surface area contributed by atoms with E-state index in [-0.39, 0.29) is 17.7 Å². The topological polar surface area (TPSA) is 96.9 Å².